The van der Waals surface area contributed by atoms with Gasteiger partial charge >= 0.3 is 12.1 Å². The van der Waals surface area contributed by atoms with Crippen molar-refractivity contribution >= 4 is 41.3 Å². The molecule has 0 aliphatic heterocycles. The zero-order valence-electron chi connectivity index (χ0n) is 20.7. The summed E-state index contributed by atoms with van der Waals surface area (Å²) >= 11 is 0.932. The first-order valence-electron chi connectivity index (χ1n) is 10.9. The Morgan fingerprint density at radius 1 is 1.00 bits per heavy atom. The molecule has 2 amide bonds. The highest BCUT2D eigenvalue weighted by molar-refractivity contribution is 8.01. The predicted molar refractivity (Wildman–Crippen MR) is 130 cm³/mol. The summed E-state index contributed by atoms with van der Waals surface area (Å²) in [6.45, 7) is 9.78. The van der Waals surface area contributed by atoms with Gasteiger partial charge in [0.1, 0.15) is 22.9 Å². The van der Waals surface area contributed by atoms with Crippen LogP contribution in [-0.2, 0) is 23.9 Å². The van der Waals surface area contributed by atoms with E-state index in [1.165, 1.54) is 14.0 Å². The first kappa shape index (κ1) is 29.2. The smallest absolute Gasteiger partial charge is 0.408 e. The van der Waals surface area contributed by atoms with Gasteiger partial charge in [-0.05, 0) is 33.6 Å². The molecule has 188 valence electrons. The number of rotatable bonds is 11. The molecule has 0 radical (unpaired) electrons. The minimum absolute atomic E-state index is 0.111. The second-order valence-corrected chi connectivity index (χ2v) is 10.1. The van der Waals surface area contributed by atoms with Crippen LogP contribution in [0.3, 0.4) is 0 Å². The van der Waals surface area contributed by atoms with Crippen molar-refractivity contribution < 1.29 is 33.4 Å². The lowest BCUT2D eigenvalue weighted by atomic mass is 10.0. The number of ether oxygens (including phenoxy) is 2. The van der Waals surface area contributed by atoms with E-state index in [9.17, 15) is 24.0 Å². The second-order valence-electron chi connectivity index (χ2n) is 9.01. The largest absolute Gasteiger partial charge is 0.467 e. The van der Waals surface area contributed by atoms with Gasteiger partial charge in [-0.15, -0.1) is 11.8 Å². The van der Waals surface area contributed by atoms with Crippen molar-refractivity contribution in [1.29, 1.82) is 0 Å². The topological polar surface area (TPSA) is 128 Å². The first-order chi connectivity index (χ1) is 15.8. The quantitative estimate of drug-likeness (QED) is 0.273. The summed E-state index contributed by atoms with van der Waals surface area (Å²) in [4.78, 5) is 62.6. The van der Waals surface area contributed by atoms with Crippen LogP contribution in [0.25, 0.3) is 0 Å². The van der Waals surface area contributed by atoms with Crippen LogP contribution in [0.1, 0.15) is 51.9 Å². The number of carbonyl (C=O) groups excluding carboxylic acids is 5. The Morgan fingerprint density at radius 3 is 2.06 bits per heavy atom. The number of alkyl carbamates (subject to hydrolysis) is 1. The van der Waals surface area contributed by atoms with Crippen molar-refractivity contribution in [3.8, 4) is 0 Å². The molecule has 0 heterocycles. The van der Waals surface area contributed by atoms with Gasteiger partial charge in [0.25, 0.3) is 0 Å². The van der Waals surface area contributed by atoms with E-state index in [1.807, 2.05) is 0 Å². The molecule has 0 saturated carbocycles. The van der Waals surface area contributed by atoms with Gasteiger partial charge in [0.15, 0.2) is 11.6 Å². The fraction of sp³-hybridized carbons (Fsp3) is 0.542. The molecule has 1 aromatic rings. The molecule has 3 atom stereocenters. The number of carbonyl (C=O) groups is 5. The fourth-order valence-electron chi connectivity index (χ4n) is 2.84. The van der Waals surface area contributed by atoms with Gasteiger partial charge in [0.2, 0.25) is 5.91 Å². The van der Waals surface area contributed by atoms with E-state index in [1.54, 1.807) is 65.0 Å². The molecule has 0 fully saturated rings. The van der Waals surface area contributed by atoms with Crippen LogP contribution in [0.15, 0.2) is 30.3 Å². The maximum Gasteiger partial charge on any atom is 0.408 e. The maximum atomic E-state index is 13.0. The summed E-state index contributed by atoms with van der Waals surface area (Å²) in [6.07, 6.45) is -0.846. The number of methoxy groups -OCH3 is 1. The van der Waals surface area contributed by atoms with Gasteiger partial charge in [-0.3, -0.25) is 14.4 Å². The molecule has 0 aromatic heterocycles. The van der Waals surface area contributed by atoms with Crippen LogP contribution in [0.5, 0.6) is 0 Å². The SMILES string of the molecule is COC(=O)[C@@H](NC(=O)[C@H](CSC(C(C)=O)C(=O)c1ccccc1)NC(=O)OC(C)(C)C)C(C)C. The molecular weight excluding hydrogens is 460 g/mol. The van der Waals surface area contributed by atoms with E-state index in [2.05, 4.69) is 10.6 Å². The third-order valence-electron chi connectivity index (χ3n) is 4.52. The Bertz CT molecular complexity index is 881. The number of nitrogens with one attached hydrogen (secondary N) is 2. The molecule has 1 unspecified atom stereocenters. The molecule has 0 saturated heterocycles. The minimum Gasteiger partial charge on any atom is -0.467 e. The molecule has 0 aliphatic carbocycles. The van der Waals surface area contributed by atoms with Crippen molar-refractivity contribution in [3.63, 3.8) is 0 Å². The number of thioether (sulfide) groups is 1. The fourth-order valence-corrected chi connectivity index (χ4v) is 3.98. The molecule has 0 bridgehead atoms. The molecule has 34 heavy (non-hydrogen) atoms. The van der Waals surface area contributed by atoms with Crippen molar-refractivity contribution in [2.45, 2.75) is 64.5 Å². The minimum atomic E-state index is -1.18. The number of Topliss-reactive ketones (excluding diaryl/α,β-unsaturated/α-hetero) is 2. The maximum absolute atomic E-state index is 13.0. The summed E-state index contributed by atoms with van der Waals surface area (Å²) < 4.78 is 10.00. The van der Waals surface area contributed by atoms with E-state index < -0.39 is 46.7 Å². The van der Waals surface area contributed by atoms with Crippen molar-refractivity contribution in [2.75, 3.05) is 12.9 Å². The van der Waals surface area contributed by atoms with Crippen molar-refractivity contribution in [1.82, 2.24) is 10.6 Å². The van der Waals surface area contributed by atoms with Gasteiger partial charge in [-0.1, -0.05) is 44.2 Å². The van der Waals surface area contributed by atoms with Crippen LogP contribution in [0, 0.1) is 5.92 Å². The Balaban J connectivity index is 3.09. The van der Waals surface area contributed by atoms with Crippen LogP contribution >= 0.6 is 11.8 Å². The van der Waals surface area contributed by atoms with E-state index in [4.69, 9.17) is 9.47 Å². The molecule has 10 heteroatoms. The highest BCUT2D eigenvalue weighted by Gasteiger charge is 2.33. The summed E-state index contributed by atoms with van der Waals surface area (Å²) in [5.74, 6) is -2.48. The summed E-state index contributed by atoms with van der Waals surface area (Å²) in [5, 5.41) is 3.99. The zero-order chi connectivity index (χ0) is 26.1. The van der Waals surface area contributed by atoms with E-state index in [0.29, 0.717) is 5.56 Å². The standard InChI is InChI=1S/C24H34N2O7S/c1-14(2)18(22(30)32-7)26-21(29)17(25-23(31)33-24(4,5)6)13-34-20(15(3)27)19(28)16-11-9-8-10-12-16/h8-12,14,17-18,20H,13H2,1-7H3,(H,25,31)(H,26,29)/t17-,18-,20?/m0/s1. The van der Waals surface area contributed by atoms with Gasteiger partial charge in [-0.2, -0.15) is 0 Å². The van der Waals surface area contributed by atoms with Gasteiger partial charge in [-0.25, -0.2) is 9.59 Å². The molecule has 9 nitrogen and oxygen atoms in total. The van der Waals surface area contributed by atoms with Crippen LogP contribution in [-0.4, -0.2) is 65.3 Å². The Kier molecular flexibility index (Phi) is 11.3. The number of hydrogen-bond donors (Lipinski definition) is 2. The molecule has 2 N–H and O–H groups in total. The molecule has 1 rings (SSSR count). The van der Waals surface area contributed by atoms with Gasteiger partial charge in [0.05, 0.1) is 7.11 Å². The van der Waals surface area contributed by atoms with Gasteiger partial charge in [0, 0.05) is 11.3 Å². The van der Waals surface area contributed by atoms with E-state index in [0.717, 1.165) is 11.8 Å². The third-order valence-corrected chi connectivity index (χ3v) is 5.93. The average Bonchev–Trinajstić information content (AvgIpc) is 2.74. The van der Waals surface area contributed by atoms with Crippen molar-refractivity contribution in [2.24, 2.45) is 5.92 Å². The highest BCUT2D eigenvalue weighted by Crippen LogP contribution is 2.20. The lowest BCUT2D eigenvalue weighted by Gasteiger charge is -2.26. The second kappa shape index (κ2) is 13.1. The number of ketones is 2. The molecule has 1 aromatic carbocycles. The first-order valence-corrected chi connectivity index (χ1v) is 11.9. The Morgan fingerprint density at radius 2 is 1.59 bits per heavy atom. The third kappa shape index (κ3) is 9.54. The zero-order valence-corrected chi connectivity index (χ0v) is 21.5. The number of hydrogen-bond acceptors (Lipinski definition) is 8. The Hall–Kier alpha value is -2.88. The van der Waals surface area contributed by atoms with E-state index in [-0.39, 0.29) is 17.5 Å². The summed E-state index contributed by atoms with van der Waals surface area (Å²) in [6, 6.07) is 6.21. The number of benzene rings is 1. The van der Waals surface area contributed by atoms with Crippen LogP contribution in [0.2, 0.25) is 0 Å². The van der Waals surface area contributed by atoms with Crippen LogP contribution < -0.4 is 10.6 Å². The average molecular weight is 495 g/mol. The molecule has 0 aliphatic rings. The lowest BCUT2D eigenvalue weighted by Crippen LogP contribution is -2.55. The van der Waals surface area contributed by atoms with Gasteiger partial charge < -0.3 is 20.1 Å². The summed E-state index contributed by atoms with van der Waals surface area (Å²) in [7, 11) is 1.21. The normalized spacial score (nSPS) is 13.9. The monoisotopic (exact) mass is 494 g/mol. The van der Waals surface area contributed by atoms with Crippen molar-refractivity contribution in [3.05, 3.63) is 35.9 Å². The van der Waals surface area contributed by atoms with Crippen LogP contribution in [0.4, 0.5) is 4.79 Å². The summed E-state index contributed by atoms with van der Waals surface area (Å²) in [5.41, 5.74) is -0.447. The molecule has 0 spiro atoms. The van der Waals surface area contributed by atoms with E-state index >= 15 is 0 Å². The predicted octanol–water partition coefficient (Wildman–Crippen LogP) is 2.77. The number of esters is 1. The molecular formula is C24H34N2O7S. The highest BCUT2D eigenvalue weighted by atomic mass is 32.2. The lowest BCUT2D eigenvalue weighted by molar-refractivity contribution is -0.146. The Labute approximate surface area is 204 Å². The number of amides is 2.